The van der Waals surface area contributed by atoms with Gasteiger partial charge in [0.25, 0.3) is 35.4 Å². The number of nitrogens with zero attached hydrogens (tertiary/aromatic N) is 12. The van der Waals surface area contributed by atoms with Crippen molar-refractivity contribution in [3.8, 4) is 0 Å². The summed E-state index contributed by atoms with van der Waals surface area (Å²) in [6.07, 6.45) is 19.7. The number of hydrogen-bond donors (Lipinski definition) is 0. The number of carbonyl (C=O) groups excluding carboxylic acids is 6. The minimum Gasteiger partial charge on any atom is -0.448 e. The zero-order valence-electron chi connectivity index (χ0n) is 65.0. The third kappa shape index (κ3) is 23.9. The lowest BCUT2D eigenvalue weighted by Gasteiger charge is -2.33. The van der Waals surface area contributed by atoms with Crippen LogP contribution in [0, 0.1) is 91.8 Å². The number of aliphatic imine (C=N–C) groups is 1. The first-order valence-electron chi connectivity index (χ1n) is 38.3. The fourth-order valence-corrected chi connectivity index (χ4v) is 15.5. The van der Waals surface area contributed by atoms with Gasteiger partial charge in [0, 0.05) is 103 Å². The van der Waals surface area contributed by atoms with Crippen molar-refractivity contribution in [3.05, 3.63) is 117 Å². The highest BCUT2D eigenvalue weighted by Crippen LogP contribution is 2.31. The first-order chi connectivity index (χ1) is 48.6. The van der Waals surface area contributed by atoms with E-state index in [2.05, 4.69) is 108 Å². The Balaban J connectivity index is 0.000000172. The number of rotatable bonds is 12. The highest BCUT2D eigenvalue weighted by atomic mass is 32.1. The Labute approximate surface area is 614 Å². The minimum atomic E-state index is -0.0118. The first-order valence-corrected chi connectivity index (χ1v) is 39.3. The maximum absolute atomic E-state index is 12.3. The molecule has 562 valence electrons. The molecule has 7 aliphatic heterocycles. The smallest absolute Gasteiger partial charge is 0.291 e. The van der Waals surface area contributed by atoms with Gasteiger partial charge in [0.05, 0.1) is 17.8 Å². The summed E-state index contributed by atoms with van der Waals surface area (Å²) in [5, 5.41) is 7.95. The Morgan fingerprint density at radius 3 is 1.21 bits per heavy atom. The summed E-state index contributed by atoms with van der Waals surface area (Å²) in [5.41, 5.74) is 6.02. The van der Waals surface area contributed by atoms with Crippen molar-refractivity contribution in [2.45, 2.75) is 188 Å². The van der Waals surface area contributed by atoms with E-state index >= 15 is 0 Å². The molecule has 5 aromatic rings. The van der Waals surface area contributed by atoms with Crippen LogP contribution in [0.4, 0.5) is 0 Å². The van der Waals surface area contributed by atoms with Gasteiger partial charge in [-0.05, 0) is 217 Å². The quantitative estimate of drug-likeness (QED) is 0.114. The van der Waals surface area contributed by atoms with Crippen LogP contribution in [0.5, 0.6) is 0 Å². The zero-order chi connectivity index (χ0) is 74.3. The van der Waals surface area contributed by atoms with E-state index in [4.69, 9.17) is 8.83 Å². The summed E-state index contributed by atoms with van der Waals surface area (Å²) >= 11 is 1.59. The van der Waals surface area contributed by atoms with Crippen LogP contribution in [-0.2, 0) is 11.8 Å². The number of aryl methyl sites for hydroxylation is 4. The maximum Gasteiger partial charge on any atom is 0.291 e. The standard InChI is InChI=1S/C15H22N2O.C14H22N2O.C13H21N3O.2C13H20N2O2.C13H19NOS/c1-11(2)13-7-9-17(10-8-13)15(18)14-6-4-5-12(3)16-14;1-10(2)12-4-6-16(7-5-12)14(17)13-8-11(3)9-15-13;1-10(2)11-5-8-16(9-6-11)13(17)12-4-7-14-15(12)3;1-9(2)11-4-6-15(7-5-11)13(16)12-10(3)17-8-14-12;1-9(2)11-4-6-15(7-5-11)13(16)12-10(3)14-8-17-12;1-10(2)11-3-6-14(7-4-11)13(15)12-5-8-16-9-12/h4-6,11,13H,7-10H2,1-3H3;8,10,12H,4-7,9H2,1-3H3;4,7,10-11H,5-6,8-9H2,1-3H3;2*8-9,11H,4-7H2,1-3H3;5,8-11H,3-4,6-7H2,1-2H3. The number of carbonyl (C=O) groups is 6. The van der Waals surface area contributed by atoms with E-state index in [0.29, 0.717) is 58.4 Å². The van der Waals surface area contributed by atoms with E-state index in [1.165, 1.54) is 18.4 Å². The number of piperidine rings is 6. The monoisotopic (exact) mass is 1420 g/mol. The van der Waals surface area contributed by atoms with Crippen molar-refractivity contribution in [2.75, 3.05) is 85.1 Å². The third-order valence-corrected chi connectivity index (χ3v) is 23.2. The molecule has 12 heterocycles. The first kappa shape index (κ1) is 82.0. The number of oxazole rings is 2. The van der Waals surface area contributed by atoms with E-state index in [-0.39, 0.29) is 35.4 Å². The fraction of sp³-hybridized carbons (Fsp3) is 0.667. The molecule has 20 nitrogen and oxygen atoms in total. The number of pyridine rings is 1. The predicted octanol–water partition coefficient (Wildman–Crippen LogP) is 15.3. The van der Waals surface area contributed by atoms with E-state index in [9.17, 15) is 28.8 Å². The Morgan fingerprint density at radius 1 is 0.461 bits per heavy atom. The van der Waals surface area contributed by atoms with E-state index in [0.717, 1.165) is 226 Å². The topological polar surface area (TPSA) is 217 Å². The predicted molar refractivity (Wildman–Crippen MR) is 407 cm³/mol. The molecule has 6 amide bonds. The van der Waals surface area contributed by atoms with Crippen molar-refractivity contribution < 1.29 is 37.6 Å². The van der Waals surface area contributed by atoms with Crippen LogP contribution in [0.25, 0.3) is 0 Å². The van der Waals surface area contributed by atoms with E-state index in [1.807, 2.05) is 91.4 Å². The van der Waals surface area contributed by atoms with Crippen LogP contribution in [0.3, 0.4) is 0 Å². The lowest BCUT2D eigenvalue weighted by molar-refractivity contribution is -0.125. The van der Waals surface area contributed by atoms with Gasteiger partial charge in [0.15, 0.2) is 18.5 Å². The summed E-state index contributed by atoms with van der Waals surface area (Å²) in [4.78, 5) is 101. The van der Waals surface area contributed by atoms with Gasteiger partial charge < -0.3 is 38.2 Å². The second kappa shape index (κ2) is 40.1. The molecule has 0 saturated carbocycles. The number of amides is 6. The van der Waals surface area contributed by atoms with Crippen molar-refractivity contribution in [2.24, 2.45) is 83.1 Å². The number of likely N-dealkylation sites (tertiary alicyclic amines) is 6. The van der Waals surface area contributed by atoms with Crippen LogP contribution in [0.15, 0.2) is 85.6 Å². The third-order valence-electron chi connectivity index (χ3n) is 22.5. The highest BCUT2D eigenvalue weighted by Gasteiger charge is 2.33. The molecule has 0 radical (unpaired) electrons. The number of hydrogen-bond acceptors (Lipinski definition) is 14. The molecule has 0 N–H and O–H groups in total. The molecule has 5 aromatic heterocycles. The van der Waals surface area contributed by atoms with Crippen molar-refractivity contribution in [1.29, 1.82) is 0 Å². The molecular weight excluding hydrogens is 1300 g/mol. The second-order valence-corrected chi connectivity index (χ2v) is 32.3. The molecule has 0 atom stereocenters. The van der Waals surface area contributed by atoms with Gasteiger partial charge in [-0.2, -0.15) is 16.4 Å². The summed E-state index contributed by atoms with van der Waals surface area (Å²) in [5.74, 6) is 10.5. The summed E-state index contributed by atoms with van der Waals surface area (Å²) in [7, 11) is 1.81. The average molecular weight is 1430 g/mol. The number of thiophene rings is 1. The molecule has 0 unspecified atom stereocenters. The van der Waals surface area contributed by atoms with Crippen molar-refractivity contribution >= 4 is 52.5 Å². The number of aromatic nitrogens is 5. The summed E-state index contributed by atoms with van der Waals surface area (Å²) < 4.78 is 11.9. The summed E-state index contributed by atoms with van der Waals surface area (Å²) in [6.45, 7) is 45.9. The molecule has 102 heavy (non-hydrogen) atoms. The van der Waals surface area contributed by atoms with Crippen molar-refractivity contribution in [1.82, 2.24) is 54.1 Å². The molecule has 0 bridgehead atoms. The van der Waals surface area contributed by atoms with Crippen LogP contribution in [0.1, 0.15) is 237 Å². The van der Waals surface area contributed by atoms with E-state index in [1.54, 1.807) is 42.1 Å². The maximum atomic E-state index is 12.3. The average Bonchev–Trinajstić information content (AvgIpc) is 1.15. The van der Waals surface area contributed by atoms with Crippen LogP contribution in [-0.4, -0.2) is 180 Å². The van der Waals surface area contributed by atoms with E-state index < -0.39 is 0 Å². The molecule has 21 heteroatoms. The van der Waals surface area contributed by atoms with Gasteiger partial charge in [0.1, 0.15) is 22.9 Å². The molecule has 6 fully saturated rings. The molecule has 7 aliphatic rings. The summed E-state index contributed by atoms with van der Waals surface area (Å²) in [6, 6.07) is 9.33. The van der Waals surface area contributed by atoms with Crippen LogP contribution < -0.4 is 0 Å². The van der Waals surface area contributed by atoms with Crippen LogP contribution in [0.2, 0.25) is 0 Å². The molecule has 0 aromatic carbocycles. The minimum absolute atomic E-state index is 0.0118. The zero-order valence-corrected chi connectivity index (χ0v) is 65.8. The van der Waals surface area contributed by atoms with Crippen molar-refractivity contribution in [3.63, 3.8) is 0 Å². The van der Waals surface area contributed by atoms with Crippen LogP contribution >= 0.6 is 11.3 Å². The van der Waals surface area contributed by atoms with Gasteiger partial charge in [-0.3, -0.25) is 38.4 Å². The Morgan fingerprint density at radius 2 is 0.863 bits per heavy atom. The molecule has 6 saturated heterocycles. The SMILES string of the molecule is CC(C)C1CCN(C(=O)c2ccnn2C)CC1.CC(C)C1CCN(C(=O)c2ccsc2)CC1.CC1=CC(C(=O)N2CCC(C(C)C)CC2)=NC1.Cc1cccc(C(=O)N2CCC(C(C)C)CC2)n1.Cc1ncoc1C(=O)N1CCC(C(C)C)CC1.Cc1ocnc1C(=O)N1CCC(C(C)C)CC1. The van der Waals surface area contributed by atoms with Gasteiger partial charge in [-0.25, -0.2) is 15.0 Å². The molecule has 0 aliphatic carbocycles. The Hall–Kier alpha value is -7.29. The molecule has 12 rings (SSSR count). The normalized spacial score (nSPS) is 18.4. The van der Waals surface area contributed by atoms with Gasteiger partial charge >= 0.3 is 0 Å². The lowest BCUT2D eigenvalue weighted by Crippen LogP contribution is -2.42. The fourth-order valence-electron chi connectivity index (χ4n) is 14.9. The van der Waals surface area contributed by atoms with Gasteiger partial charge in [-0.15, -0.1) is 0 Å². The van der Waals surface area contributed by atoms with Gasteiger partial charge in [0.2, 0.25) is 5.76 Å². The second-order valence-electron chi connectivity index (χ2n) is 31.5. The lowest BCUT2D eigenvalue weighted by atomic mass is 9.86. The van der Waals surface area contributed by atoms with Gasteiger partial charge in [-0.1, -0.05) is 89.2 Å². The highest BCUT2D eigenvalue weighted by molar-refractivity contribution is 7.08. The molecular formula is C81H124N12O8S. The molecule has 0 spiro atoms. The largest absolute Gasteiger partial charge is 0.448 e. The Bertz CT molecular complexity index is 3280. The Kier molecular flexibility index (Phi) is 32.2.